The summed E-state index contributed by atoms with van der Waals surface area (Å²) in [5, 5.41) is 17.1. The summed E-state index contributed by atoms with van der Waals surface area (Å²) in [6, 6.07) is 10.8. The Kier molecular flexibility index (Phi) is 4.50. The number of hydrogen-bond donors (Lipinski definition) is 1. The summed E-state index contributed by atoms with van der Waals surface area (Å²) in [5.41, 5.74) is 0.774. The Bertz CT molecular complexity index is 1060. The summed E-state index contributed by atoms with van der Waals surface area (Å²) in [5.74, 6) is 0.391. The standard InChI is InChI=1S/C21H21N5O4/c27-20(28)17-6-9-26(23-17)21(29)24-12-14-10-16(11-15(14)13-24)30-19-5-2-1-4-18(19)25-8-3-7-22-25/h1-9,14-16H,10-13H2,(H,27,28). The van der Waals surface area contributed by atoms with Crippen LogP contribution in [0, 0.1) is 11.8 Å². The molecule has 5 rings (SSSR count). The maximum absolute atomic E-state index is 12.7. The van der Waals surface area contributed by atoms with Crippen molar-refractivity contribution in [3.8, 4) is 11.4 Å². The molecule has 0 radical (unpaired) electrons. The second-order valence-electron chi connectivity index (χ2n) is 7.79. The molecule has 3 heterocycles. The maximum atomic E-state index is 12.7. The molecule has 2 unspecified atom stereocenters. The third-order valence-corrected chi connectivity index (χ3v) is 5.89. The Hall–Kier alpha value is -3.62. The Morgan fingerprint density at radius 2 is 1.80 bits per heavy atom. The first-order chi connectivity index (χ1) is 14.6. The average molecular weight is 407 g/mol. The van der Waals surface area contributed by atoms with Gasteiger partial charge in [0.15, 0.2) is 5.69 Å². The third-order valence-electron chi connectivity index (χ3n) is 5.89. The predicted molar refractivity (Wildman–Crippen MR) is 106 cm³/mol. The first-order valence-corrected chi connectivity index (χ1v) is 9.92. The summed E-state index contributed by atoms with van der Waals surface area (Å²) in [6.07, 6.45) is 6.87. The fraction of sp³-hybridized carbons (Fsp3) is 0.333. The number of amides is 1. The molecule has 2 atom stereocenters. The van der Waals surface area contributed by atoms with E-state index >= 15 is 0 Å². The molecule has 1 saturated heterocycles. The number of ether oxygens (including phenoxy) is 1. The Balaban J connectivity index is 1.23. The van der Waals surface area contributed by atoms with Gasteiger partial charge in [-0.2, -0.15) is 14.9 Å². The van der Waals surface area contributed by atoms with Gasteiger partial charge in [0, 0.05) is 31.7 Å². The molecule has 1 N–H and O–H groups in total. The van der Waals surface area contributed by atoms with E-state index in [4.69, 9.17) is 9.84 Å². The largest absolute Gasteiger partial charge is 0.488 e. The third kappa shape index (κ3) is 3.32. The Morgan fingerprint density at radius 3 is 2.47 bits per heavy atom. The minimum Gasteiger partial charge on any atom is -0.488 e. The fourth-order valence-electron chi connectivity index (χ4n) is 4.52. The summed E-state index contributed by atoms with van der Waals surface area (Å²) in [7, 11) is 0. The Morgan fingerprint density at radius 1 is 1.03 bits per heavy atom. The Labute approximate surface area is 172 Å². The van der Waals surface area contributed by atoms with Crippen LogP contribution in [-0.2, 0) is 0 Å². The number of aromatic carboxylic acids is 1. The van der Waals surface area contributed by atoms with Crippen LogP contribution in [0.25, 0.3) is 5.69 Å². The number of carboxylic acid groups (broad SMARTS) is 1. The lowest BCUT2D eigenvalue weighted by Gasteiger charge is -2.20. The molecule has 1 aliphatic carbocycles. The zero-order valence-electron chi connectivity index (χ0n) is 16.2. The van der Waals surface area contributed by atoms with Crippen LogP contribution in [0.5, 0.6) is 5.75 Å². The van der Waals surface area contributed by atoms with Crippen molar-refractivity contribution < 1.29 is 19.4 Å². The van der Waals surface area contributed by atoms with Crippen LogP contribution in [0.1, 0.15) is 23.3 Å². The number of para-hydroxylation sites is 2. The summed E-state index contributed by atoms with van der Waals surface area (Å²) < 4.78 is 9.23. The van der Waals surface area contributed by atoms with Crippen LogP contribution in [0.2, 0.25) is 0 Å². The SMILES string of the molecule is O=C(O)c1ccn(C(=O)N2CC3CC(Oc4ccccc4-n4cccn4)CC3C2)n1. The van der Waals surface area contributed by atoms with Crippen LogP contribution >= 0.6 is 0 Å². The van der Waals surface area contributed by atoms with Crippen molar-refractivity contribution in [2.24, 2.45) is 11.8 Å². The van der Waals surface area contributed by atoms with Crippen molar-refractivity contribution in [1.29, 1.82) is 0 Å². The second-order valence-corrected chi connectivity index (χ2v) is 7.79. The number of carboxylic acids is 1. The van der Waals surface area contributed by atoms with Crippen molar-refractivity contribution in [2.75, 3.05) is 13.1 Å². The van der Waals surface area contributed by atoms with Gasteiger partial charge in [-0.1, -0.05) is 12.1 Å². The van der Waals surface area contributed by atoms with Gasteiger partial charge in [-0.25, -0.2) is 14.3 Å². The number of aromatic nitrogens is 4. The average Bonchev–Trinajstić information content (AvgIpc) is 3.50. The van der Waals surface area contributed by atoms with E-state index in [0.29, 0.717) is 24.9 Å². The highest BCUT2D eigenvalue weighted by Crippen LogP contribution is 2.40. The number of likely N-dealkylation sites (tertiary alicyclic amines) is 1. The first-order valence-electron chi connectivity index (χ1n) is 9.92. The van der Waals surface area contributed by atoms with E-state index in [1.165, 1.54) is 12.3 Å². The molecule has 9 heteroatoms. The number of fused-ring (bicyclic) bond motifs is 1. The van der Waals surface area contributed by atoms with E-state index in [1.54, 1.807) is 15.8 Å². The van der Waals surface area contributed by atoms with Gasteiger partial charge in [0.1, 0.15) is 11.4 Å². The van der Waals surface area contributed by atoms with E-state index < -0.39 is 5.97 Å². The number of carbonyl (C=O) groups excluding carboxylic acids is 1. The quantitative estimate of drug-likeness (QED) is 0.713. The molecule has 2 fully saturated rings. The molecular weight excluding hydrogens is 386 g/mol. The van der Waals surface area contributed by atoms with Crippen LogP contribution in [0.15, 0.2) is 55.0 Å². The normalized spacial score (nSPS) is 22.8. The molecule has 2 aromatic heterocycles. The van der Waals surface area contributed by atoms with Gasteiger partial charge in [-0.3, -0.25) is 0 Å². The summed E-state index contributed by atoms with van der Waals surface area (Å²) in [4.78, 5) is 25.4. The van der Waals surface area contributed by atoms with Gasteiger partial charge in [-0.05, 0) is 48.9 Å². The molecule has 0 spiro atoms. The summed E-state index contributed by atoms with van der Waals surface area (Å²) >= 11 is 0. The molecule has 1 aromatic carbocycles. The van der Waals surface area contributed by atoms with E-state index in [1.807, 2.05) is 36.5 Å². The number of carbonyl (C=O) groups is 2. The number of nitrogens with zero attached hydrogens (tertiary/aromatic N) is 5. The van der Waals surface area contributed by atoms with Gasteiger partial charge in [0.25, 0.3) is 0 Å². The van der Waals surface area contributed by atoms with Crippen LogP contribution in [0.4, 0.5) is 4.79 Å². The highest BCUT2D eigenvalue weighted by molar-refractivity contribution is 5.86. The molecule has 9 nitrogen and oxygen atoms in total. The van der Waals surface area contributed by atoms with E-state index in [0.717, 1.165) is 29.0 Å². The van der Waals surface area contributed by atoms with Crippen molar-refractivity contribution in [3.63, 3.8) is 0 Å². The number of rotatable bonds is 4. The maximum Gasteiger partial charge on any atom is 0.356 e. The minimum atomic E-state index is -1.14. The van der Waals surface area contributed by atoms with Crippen molar-refractivity contribution in [2.45, 2.75) is 18.9 Å². The zero-order chi connectivity index (χ0) is 20.7. The van der Waals surface area contributed by atoms with Gasteiger partial charge >= 0.3 is 12.0 Å². The minimum absolute atomic E-state index is 0.0947. The molecule has 3 aromatic rings. The predicted octanol–water partition coefficient (Wildman–Crippen LogP) is 2.52. The molecular formula is C21H21N5O4. The highest BCUT2D eigenvalue weighted by Gasteiger charge is 2.43. The molecule has 30 heavy (non-hydrogen) atoms. The van der Waals surface area contributed by atoms with Crippen molar-refractivity contribution >= 4 is 12.0 Å². The van der Waals surface area contributed by atoms with E-state index in [9.17, 15) is 9.59 Å². The second kappa shape index (κ2) is 7.33. The van der Waals surface area contributed by atoms with Crippen LogP contribution < -0.4 is 4.74 Å². The van der Waals surface area contributed by atoms with Gasteiger partial charge in [-0.15, -0.1) is 0 Å². The van der Waals surface area contributed by atoms with E-state index in [-0.39, 0.29) is 17.8 Å². The van der Waals surface area contributed by atoms with Gasteiger partial charge < -0.3 is 14.7 Å². The monoisotopic (exact) mass is 407 g/mol. The first kappa shape index (κ1) is 18.4. The smallest absolute Gasteiger partial charge is 0.356 e. The highest BCUT2D eigenvalue weighted by atomic mass is 16.5. The molecule has 1 aliphatic heterocycles. The molecule has 2 aliphatic rings. The van der Waals surface area contributed by atoms with Crippen LogP contribution in [0.3, 0.4) is 0 Å². The lowest BCUT2D eigenvalue weighted by atomic mass is 10.0. The molecule has 0 bridgehead atoms. The number of hydrogen-bond acceptors (Lipinski definition) is 5. The molecule has 1 saturated carbocycles. The van der Waals surface area contributed by atoms with Crippen molar-refractivity contribution in [1.82, 2.24) is 24.5 Å². The van der Waals surface area contributed by atoms with Gasteiger partial charge in [0.2, 0.25) is 0 Å². The molecule has 1 amide bonds. The van der Waals surface area contributed by atoms with E-state index in [2.05, 4.69) is 10.2 Å². The number of benzene rings is 1. The lowest BCUT2D eigenvalue weighted by molar-refractivity contribution is 0.0690. The zero-order valence-corrected chi connectivity index (χ0v) is 16.2. The van der Waals surface area contributed by atoms with Crippen molar-refractivity contribution in [3.05, 3.63) is 60.7 Å². The van der Waals surface area contributed by atoms with Gasteiger partial charge in [0.05, 0.1) is 6.10 Å². The topological polar surface area (TPSA) is 102 Å². The lowest BCUT2D eigenvalue weighted by Crippen LogP contribution is -2.34. The van der Waals surface area contributed by atoms with Crippen LogP contribution in [-0.4, -0.2) is 60.8 Å². The molecule has 154 valence electrons. The summed E-state index contributed by atoms with van der Waals surface area (Å²) in [6.45, 7) is 1.26. The fourth-order valence-corrected chi connectivity index (χ4v) is 4.52.